The molecule has 39 heavy (non-hydrogen) atoms. The third kappa shape index (κ3) is 6.55. The molecule has 8 heteroatoms. The van der Waals surface area contributed by atoms with Crippen molar-refractivity contribution in [2.75, 3.05) is 54.6 Å². The van der Waals surface area contributed by atoms with E-state index in [4.69, 9.17) is 30.5 Å². The highest BCUT2D eigenvalue weighted by Gasteiger charge is 2.36. The van der Waals surface area contributed by atoms with E-state index in [1.165, 1.54) is 0 Å². The first-order chi connectivity index (χ1) is 18.8. The van der Waals surface area contributed by atoms with E-state index >= 15 is 0 Å². The van der Waals surface area contributed by atoms with Crippen LogP contribution in [0.3, 0.4) is 0 Å². The molecule has 1 saturated heterocycles. The summed E-state index contributed by atoms with van der Waals surface area (Å²) in [5.74, 6) is 2.59. The van der Waals surface area contributed by atoms with E-state index in [0.29, 0.717) is 34.4 Å². The molecule has 1 heterocycles. The molecule has 0 bridgehead atoms. The largest absolute Gasteiger partial charge is 0.495 e. The molecule has 0 aromatic heterocycles. The average molecular weight is 557 g/mol. The highest BCUT2D eigenvalue weighted by Crippen LogP contribution is 2.39. The molecule has 7 nitrogen and oxygen atoms in total. The number of nitrogens with zero attached hydrogens (tertiary/aromatic N) is 2. The fraction of sp³-hybridized carbons (Fsp3) is 0.484. The van der Waals surface area contributed by atoms with Crippen LogP contribution in [0.15, 0.2) is 42.5 Å². The lowest BCUT2D eigenvalue weighted by Gasteiger charge is -2.45. The molecule has 1 atom stereocenters. The number of benzene rings is 3. The predicted molar refractivity (Wildman–Crippen MR) is 157 cm³/mol. The van der Waals surface area contributed by atoms with Gasteiger partial charge in [0.25, 0.3) is 0 Å². The van der Waals surface area contributed by atoms with Crippen LogP contribution in [0.2, 0.25) is 5.02 Å². The normalized spacial score (nSPS) is 16.2. The Hall–Kier alpha value is -2.71. The van der Waals surface area contributed by atoms with E-state index in [0.717, 1.165) is 73.9 Å². The molecule has 1 unspecified atom stereocenters. The second-order valence-corrected chi connectivity index (χ2v) is 10.6. The highest BCUT2D eigenvalue weighted by molar-refractivity contribution is 6.37. The van der Waals surface area contributed by atoms with E-state index in [-0.39, 0.29) is 0 Å². The number of methoxy groups -OCH3 is 4. The number of ether oxygens (including phenoxy) is 4. The summed E-state index contributed by atoms with van der Waals surface area (Å²) in [6.45, 7) is 6.24. The lowest BCUT2D eigenvalue weighted by molar-refractivity contribution is -0.130. The minimum atomic E-state index is -0.904. The Kier molecular flexibility index (Phi) is 9.83. The number of aliphatic hydroxyl groups is 1. The number of fused-ring (bicyclic) bond motifs is 1. The van der Waals surface area contributed by atoms with Gasteiger partial charge in [0.15, 0.2) is 11.5 Å². The Morgan fingerprint density at radius 1 is 0.821 bits per heavy atom. The van der Waals surface area contributed by atoms with Gasteiger partial charge in [-0.1, -0.05) is 49.2 Å². The van der Waals surface area contributed by atoms with Crippen molar-refractivity contribution in [1.82, 2.24) is 9.80 Å². The van der Waals surface area contributed by atoms with E-state index in [2.05, 4.69) is 28.9 Å². The molecule has 1 fully saturated rings. The van der Waals surface area contributed by atoms with Gasteiger partial charge in [0.1, 0.15) is 11.5 Å². The lowest BCUT2D eigenvalue weighted by Crippen LogP contribution is -2.58. The summed E-state index contributed by atoms with van der Waals surface area (Å²) in [4.78, 5) is 4.67. The van der Waals surface area contributed by atoms with Gasteiger partial charge >= 0.3 is 0 Å². The first-order valence-corrected chi connectivity index (χ1v) is 14.0. The van der Waals surface area contributed by atoms with Crippen molar-refractivity contribution in [3.63, 3.8) is 0 Å². The predicted octanol–water partition coefficient (Wildman–Crippen LogP) is 5.77. The van der Waals surface area contributed by atoms with Gasteiger partial charge < -0.3 is 24.1 Å². The first-order valence-electron chi connectivity index (χ1n) is 13.6. The van der Waals surface area contributed by atoms with Gasteiger partial charge in [0.2, 0.25) is 5.75 Å². The van der Waals surface area contributed by atoms with Crippen LogP contribution < -0.4 is 18.9 Å². The molecule has 1 aliphatic heterocycles. The van der Waals surface area contributed by atoms with E-state index in [1.807, 2.05) is 30.3 Å². The van der Waals surface area contributed by atoms with Crippen LogP contribution in [0.1, 0.15) is 37.3 Å². The van der Waals surface area contributed by atoms with E-state index in [1.54, 1.807) is 28.4 Å². The number of rotatable bonds is 12. The van der Waals surface area contributed by atoms with Crippen molar-refractivity contribution in [3.8, 4) is 23.0 Å². The molecule has 0 radical (unpaired) electrons. The third-order valence-electron chi connectivity index (χ3n) is 7.71. The van der Waals surface area contributed by atoms with Gasteiger partial charge in [-0.2, -0.15) is 0 Å². The SMILES string of the molecule is CCCCC(O)(Cc1ccc2c(Cl)c(OC)ccc2c1)N1CCN(Cc2cc(OC)c(OC)c(OC)c2)CC1. The molecular weight excluding hydrogens is 516 g/mol. The quantitative estimate of drug-likeness (QED) is 0.304. The van der Waals surface area contributed by atoms with Crippen LogP contribution >= 0.6 is 11.6 Å². The fourth-order valence-corrected chi connectivity index (χ4v) is 5.85. The summed E-state index contributed by atoms with van der Waals surface area (Å²) in [6, 6.07) is 14.2. The van der Waals surface area contributed by atoms with Gasteiger partial charge in [0.05, 0.1) is 33.5 Å². The number of hydrogen-bond donors (Lipinski definition) is 1. The van der Waals surface area contributed by atoms with Gasteiger partial charge in [-0.3, -0.25) is 9.80 Å². The summed E-state index contributed by atoms with van der Waals surface area (Å²) in [6.07, 6.45) is 3.31. The third-order valence-corrected chi connectivity index (χ3v) is 8.10. The van der Waals surface area contributed by atoms with Crippen molar-refractivity contribution >= 4 is 22.4 Å². The van der Waals surface area contributed by atoms with Crippen molar-refractivity contribution in [2.24, 2.45) is 0 Å². The number of unbranched alkanes of at least 4 members (excludes halogenated alkanes) is 1. The smallest absolute Gasteiger partial charge is 0.203 e. The molecule has 1 aliphatic rings. The fourth-order valence-electron chi connectivity index (χ4n) is 5.54. The zero-order valence-corrected chi connectivity index (χ0v) is 24.5. The lowest BCUT2D eigenvalue weighted by atomic mass is 9.93. The minimum absolute atomic E-state index is 0.569. The summed E-state index contributed by atoms with van der Waals surface area (Å²) in [7, 11) is 6.51. The second kappa shape index (κ2) is 13.1. The monoisotopic (exact) mass is 556 g/mol. The molecule has 1 N–H and O–H groups in total. The van der Waals surface area contributed by atoms with Crippen LogP contribution in [0.4, 0.5) is 0 Å². The summed E-state index contributed by atoms with van der Waals surface area (Å²) < 4.78 is 21.9. The maximum Gasteiger partial charge on any atom is 0.203 e. The Labute approximate surface area is 237 Å². The number of halogens is 1. The molecule has 4 rings (SSSR count). The maximum absolute atomic E-state index is 12.0. The molecule has 0 aliphatic carbocycles. The maximum atomic E-state index is 12.0. The van der Waals surface area contributed by atoms with E-state index < -0.39 is 5.72 Å². The van der Waals surface area contributed by atoms with Gasteiger partial charge in [0, 0.05) is 44.5 Å². The molecule has 212 valence electrons. The van der Waals surface area contributed by atoms with Gasteiger partial charge in [-0.25, -0.2) is 0 Å². The van der Waals surface area contributed by atoms with Crippen molar-refractivity contribution in [2.45, 2.75) is 44.9 Å². The van der Waals surface area contributed by atoms with Crippen LogP contribution in [0.25, 0.3) is 10.8 Å². The standard InChI is InChI=1S/C31H41ClN2O5/c1-6-7-12-31(35,20-22-8-10-25-24(17-22)9-11-26(36-2)29(25)32)34-15-13-33(14-16-34)21-23-18-27(37-3)30(39-5)28(19-23)38-4/h8-11,17-19,35H,6-7,12-16,20-21H2,1-5H3. The number of piperazine rings is 1. The molecule has 0 amide bonds. The van der Waals surface area contributed by atoms with Crippen LogP contribution in [-0.4, -0.2) is 75.2 Å². The summed E-state index contributed by atoms with van der Waals surface area (Å²) in [5, 5.41) is 14.6. The highest BCUT2D eigenvalue weighted by atomic mass is 35.5. The first kappa shape index (κ1) is 29.3. The van der Waals surface area contributed by atoms with Crippen LogP contribution in [0, 0.1) is 0 Å². The zero-order chi connectivity index (χ0) is 28.0. The molecular formula is C31H41ClN2O5. The second-order valence-electron chi connectivity index (χ2n) is 10.2. The topological polar surface area (TPSA) is 63.6 Å². The average Bonchev–Trinajstić information content (AvgIpc) is 2.96. The summed E-state index contributed by atoms with van der Waals surface area (Å²) in [5.41, 5.74) is 1.30. The van der Waals surface area contributed by atoms with Crippen molar-refractivity contribution in [1.29, 1.82) is 0 Å². The molecule has 3 aromatic rings. The van der Waals surface area contributed by atoms with Crippen molar-refractivity contribution in [3.05, 3.63) is 58.6 Å². The van der Waals surface area contributed by atoms with Crippen LogP contribution in [-0.2, 0) is 13.0 Å². The molecule has 0 saturated carbocycles. The van der Waals surface area contributed by atoms with Gasteiger partial charge in [-0.15, -0.1) is 0 Å². The zero-order valence-electron chi connectivity index (χ0n) is 23.8. The Morgan fingerprint density at radius 2 is 1.49 bits per heavy atom. The van der Waals surface area contributed by atoms with E-state index in [9.17, 15) is 5.11 Å². The Bertz CT molecular complexity index is 1240. The van der Waals surface area contributed by atoms with Crippen molar-refractivity contribution < 1.29 is 24.1 Å². The van der Waals surface area contributed by atoms with Gasteiger partial charge in [-0.05, 0) is 47.6 Å². The number of hydrogen-bond acceptors (Lipinski definition) is 7. The Morgan fingerprint density at radius 3 is 2.08 bits per heavy atom. The minimum Gasteiger partial charge on any atom is -0.495 e. The Balaban J connectivity index is 1.47. The van der Waals surface area contributed by atoms with Crippen LogP contribution in [0.5, 0.6) is 23.0 Å². The summed E-state index contributed by atoms with van der Waals surface area (Å²) >= 11 is 6.53. The molecule has 0 spiro atoms. The molecule has 3 aromatic carbocycles.